The topological polar surface area (TPSA) is 65.6 Å². The van der Waals surface area contributed by atoms with Gasteiger partial charge in [-0.15, -0.1) is 0 Å². The van der Waals surface area contributed by atoms with E-state index >= 15 is 0 Å². The predicted molar refractivity (Wildman–Crippen MR) is 139 cm³/mol. The molecule has 0 bridgehead atoms. The van der Waals surface area contributed by atoms with E-state index in [0.29, 0.717) is 17.0 Å². The van der Waals surface area contributed by atoms with Crippen LogP contribution in [-0.4, -0.2) is 46.8 Å². The number of para-hydroxylation sites is 2. The van der Waals surface area contributed by atoms with E-state index in [-0.39, 0.29) is 37.4 Å². The number of benzene rings is 3. The summed E-state index contributed by atoms with van der Waals surface area (Å²) in [6, 6.07) is 20.3. The number of ether oxygens (including phenoxy) is 1. The van der Waals surface area contributed by atoms with Crippen molar-refractivity contribution in [1.82, 2.24) is 14.8 Å². The fourth-order valence-corrected chi connectivity index (χ4v) is 6.11. The number of carbonyl (C=O) groups excluding carboxylic acids is 2. The van der Waals surface area contributed by atoms with E-state index in [4.69, 9.17) is 4.74 Å². The number of hydrogen-bond acceptors (Lipinski definition) is 3. The molecule has 2 aliphatic rings. The van der Waals surface area contributed by atoms with Crippen LogP contribution in [0.15, 0.2) is 72.8 Å². The van der Waals surface area contributed by atoms with Gasteiger partial charge in [-0.25, -0.2) is 0 Å². The third-order valence-corrected chi connectivity index (χ3v) is 7.96. The number of piperazine rings is 1. The van der Waals surface area contributed by atoms with Crippen LogP contribution in [0.4, 0.5) is 13.2 Å². The van der Waals surface area contributed by atoms with Gasteiger partial charge in [-0.1, -0.05) is 48.5 Å². The average Bonchev–Trinajstić information content (AvgIpc) is 3.32. The molecule has 1 aromatic heterocycles. The van der Waals surface area contributed by atoms with E-state index in [1.165, 1.54) is 17.0 Å². The number of rotatable bonds is 4. The molecule has 4 aromatic rings. The molecule has 1 fully saturated rings. The van der Waals surface area contributed by atoms with Crippen molar-refractivity contribution in [2.24, 2.45) is 0 Å². The van der Waals surface area contributed by atoms with Crippen molar-refractivity contribution in [3.8, 4) is 5.75 Å². The van der Waals surface area contributed by atoms with E-state index in [0.717, 1.165) is 34.2 Å². The summed E-state index contributed by atoms with van der Waals surface area (Å²) in [4.78, 5) is 34.2. The third kappa shape index (κ3) is 3.87. The molecule has 200 valence electrons. The first-order valence-corrected chi connectivity index (χ1v) is 12.6. The maximum atomic E-state index is 14.2. The molecule has 2 aliphatic heterocycles. The number of nitrogens with one attached hydrogen (secondary N) is 1. The normalized spacial score (nSPS) is 21.2. The highest BCUT2D eigenvalue weighted by atomic mass is 19.4. The van der Waals surface area contributed by atoms with E-state index in [2.05, 4.69) is 4.98 Å². The molecular weight excluding hydrogens is 507 g/mol. The summed E-state index contributed by atoms with van der Waals surface area (Å²) in [5, 5.41) is 0.944. The number of alkyl halides is 3. The molecule has 3 heterocycles. The van der Waals surface area contributed by atoms with Gasteiger partial charge in [-0.3, -0.25) is 9.59 Å². The predicted octanol–water partition coefficient (Wildman–Crippen LogP) is 5.43. The Hall–Kier alpha value is -4.27. The molecule has 2 atom stereocenters. The van der Waals surface area contributed by atoms with Crippen molar-refractivity contribution in [3.63, 3.8) is 0 Å². The maximum Gasteiger partial charge on any atom is 0.416 e. The average molecular weight is 534 g/mol. The van der Waals surface area contributed by atoms with E-state index in [9.17, 15) is 22.8 Å². The first kappa shape index (κ1) is 25.0. The second-order valence-electron chi connectivity index (χ2n) is 10.2. The van der Waals surface area contributed by atoms with Gasteiger partial charge < -0.3 is 19.5 Å². The first-order chi connectivity index (χ1) is 18.6. The van der Waals surface area contributed by atoms with E-state index < -0.39 is 17.3 Å². The molecule has 1 saturated heterocycles. The number of amides is 2. The Bertz CT molecular complexity index is 1610. The lowest BCUT2D eigenvalue weighted by Gasteiger charge is -2.51. The number of fused-ring (bicyclic) bond motifs is 5. The molecule has 3 aromatic carbocycles. The number of halogens is 3. The van der Waals surface area contributed by atoms with Gasteiger partial charge in [-0.2, -0.15) is 13.2 Å². The summed E-state index contributed by atoms with van der Waals surface area (Å²) < 4.78 is 45.6. The monoisotopic (exact) mass is 533 g/mol. The highest BCUT2D eigenvalue weighted by molar-refractivity contribution is 6.01. The van der Waals surface area contributed by atoms with Crippen LogP contribution in [0.1, 0.15) is 40.8 Å². The molecule has 0 saturated carbocycles. The lowest BCUT2D eigenvalue weighted by Crippen LogP contribution is -2.67. The SMILES string of the molecule is COc1ccccc1[C@@H]1CN2C(=O)CN(Cc3cccc(C(F)(F)F)c3)C(=O)[C@]2(C)c2[nH]c3ccccc3c21. The van der Waals surface area contributed by atoms with Crippen LogP contribution in [0.5, 0.6) is 5.75 Å². The fourth-order valence-electron chi connectivity index (χ4n) is 6.11. The van der Waals surface area contributed by atoms with Crippen molar-refractivity contribution >= 4 is 22.7 Å². The molecule has 0 radical (unpaired) electrons. The number of aromatic amines is 1. The van der Waals surface area contributed by atoms with Gasteiger partial charge in [0.1, 0.15) is 12.3 Å². The van der Waals surface area contributed by atoms with Crippen LogP contribution in [0.2, 0.25) is 0 Å². The number of aromatic nitrogens is 1. The van der Waals surface area contributed by atoms with E-state index in [1.54, 1.807) is 18.9 Å². The second-order valence-corrected chi connectivity index (χ2v) is 10.2. The van der Waals surface area contributed by atoms with Gasteiger partial charge in [-0.05, 0) is 42.3 Å². The Kier molecular flexibility index (Phi) is 5.71. The van der Waals surface area contributed by atoms with Gasteiger partial charge in [0.25, 0.3) is 5.91 Å². The van der Waals surface area contributed by atoms with Crippen LogP contribution in [-0.2, 0) is 27.8 Å². The Balaban J connectivity index is 1.47. The lowest BCUT2D eigenvalue weighted by molar-refractivity contribution is -0.167. The number of nitrogens with zero attached hydrogens (tertiary/aromatic N) is 2. The number of methoxy groups -OCH3 is 1. The zero-order valence-electron chi connectivity index (χ0n) is 21.4. The van der Waals surface area contributed by atoms with Crippen LogP contribution in [0.3, 0.4) is 0 Å². The third-order valence-electron chi connectivity index (χ3n) is 7.96. The van der Waals surface area contributed by atoms with Gasteiger partial charge in [0, 0.05) is 35.5 Å². The molecule has 0 aliphatic carbocycles. The molecular formula is C30H26F3N3O3. The van der Waals surface area contributed by atoms with Gasteiger partial charge in [0.15, 0.2) is 5.54 Å². The van der Waals surface area contributed by atoms with Crippen LogP contribution in [0, 0.1) is 0 Å². The maximum absolute atomic E-state index is 14.2. The van der Waals surface area contributed by atoms with Gasteiger partial charge in [0.2, 0.25) is 5.91 Å². The molecule has 39 heavy (non-hydrogen) atoms. The summed E-state index contributed by atoms with van der Waals surface area (Å²) in [5.41, 5.74) is 1.42. The van der Waals surface area contributed by atoms with Crippen molar-refractivity contribution < 1.29 is 27.5 Å². The molecule has 0 unspecified atom stereocenters. The van der Waals surface area contributed by atoms with Gasteiger partial charge >= 0.3 is 6.18 Å². The fraction of sp³-hybridized carbons (Fsp3) is 0.267. The second kappa shape index (κ2) is 8.90. The molecule has 9 heteroatoms. The van der Waals surface area contributed by atoms with Crippen molar-refractivity contribution in [2.45, 2.75) is 31.1 Å². The number of hydrogen-bond donors (Lipinski definition) is 1. The summed E-state index contributed by atoms with van der Waals surface area (Å²) in [5.74, 6) is -0.185. The zero-order valence-corrected chi connectivity index (χ0v) is 21.4. The van der Waals surface area contributed by atoms with E-state index in [1.807, 2.05) is 48.5 Å². The Morgan fingerprint density at radius 2 is 1.77 bits per heavy atom. The van der Waals surface area contributed by atoms with Crippen LogP contribution >= 0.6 is 0 Å². The Morgan fingerprint density at radius 3 is 2.54 bits per heavy atom. The molecule has 6 nitrogen and oxygen atoms in total. The lowest BCUT2D eigenvalue weighted by atomic mass is 9.76. The first-order valence-electron chi connectivity index (χ1n) is 12.6. The molecule has 1 N–H and O–H groups in total. The van der Waals surface area contributed by atoms with Crippen molar-refractivity contribution in [1.29, 1.82) is 0 Å². The quantitative estimate of drug-likeness (QED) is 0.381. The summed E-state index contributed by atoms with van der Waals surface area (Å²) in [6.45, 7) is 1.65. The standard InChI is InChI=1S/C30H26F3N3O3/c1-29-27-26(21-11-3-5-12-23(21)34-27)22(20-10-4-6-13-24(20)39-2)16-36(29)25(37)17-35(28(29)38)15-18-8-7-9-19(14-18)30(31,32)33/h3-14,22,34H,15-17H2,1-2H3/t22-,29-/m0/s1. The summed E-state index contributed by atoms with van der Waals surface area (Å²) in [7, 11) is 1.60. The summed E-state index contributed by atoms with van der Waals surface area (Å²) >= 11 is 0. The smallest absolute Gasteiger partial charge is 0.416 e. The Labute approximate surface area is 223 Å². The largest absolute Gasteiger partial charge is 0.496 e. The zero-order chi connectivity index (χ0) is 27.5. The van der Waals surface area contributed by atoms with Crippen LogP contribution < -0.4 is 4.74 Å². The minimum absolute atomic E-state index is 0.108. The van der Waals surface area contributed by atoms with Crippen molar-refractivity contribution in [2.75, 3.05) is 20.2 Å². The van der Waals surface area contributed by atoms with Crippen molar-refractivity contribution in [3.05, 3.63) is 101 Å². The highest BCUT2D eigenvalue weighted by Crippen LogP contribution is 2.49. The minimum Gasteiger partial charge on any atom is -0.496 e. The minimum atomic E-state index is -4.50. The molecule has 0 spiro atoms. The van der Waals surface area contributed by atoms with Crippen LogP contribution in [0.25, 0.3) is 10.9 Å². The summed E-state index contributed by atoms with van der Waals surface area (Å²) in [6.07, 6.45) is -4.50. The molecule has 2 amide bonds. The highest BCUT2D eigenvalue weighted by Gasteiger charge is 2.56. The Morgan fingerprint density at radius 1 is 1.03 bits per heavy atom. The van der Waals surface area contributed by atoms with Gasteiger partial charge in [0.05, 0.1) is 18.4 Å². The number of carbonyl (C=O) groups is 2. The number of H-pyrrole nitrogens is 1. The molecule has 6 rings (SSSR count).